The van der Waals surface area contributed by atoms with Crippen LogP contribution >= 0.6 is 0 Å². The van der Waals surface area contributed by atoms with Gasteiger partial charge in [0.2, 0.25) is 0 Å². The molecule has 6 atom stereocenters. The van der Waals surface area contributed by atoms with Gasteiger partial charge in [-0.3, -0.25) is 14.4 Å². The second kappa shape index (κ2) is 22.3. The van der Waals surface area contributed by atoms with Gasteiger partial charge in [-0.15, -0.1) is 0 Å². The Kier molecular flexibility index (Phi) is 24.4. The van der Waals surface area contributed by atoms with E-state index in [-0.39, 0.29) is 36.6 Å². The van der Waals surface area contributed by atoms with Gasteiger partial charge in [-0.05, 0) is 46.5 Å². The molecule has 196 valence electrons. The van der Waals surface area contributed by atoms with Crippen LogP contribution in [0, 0.1) is 0 Å². The Labute approximate surface area is 198 Å². The van der Waals surface area contributed by atoms with Crippen molar-refractivity contribution in [2.75, 3.05) is 0 Å². The second-order valence-electron chi connectivity index (χ2n) is 7.93. The molecule has 9 heteroatoms. The van der Waals surface area contributed by atoms with E-state index in [0.29, 0.717) is 19.3 Å². The number of aliphatic hydroxyl groups is 6. The minimum absolute atomic E-state index is 0.0335. The third-order valence-corrected chi connectivity index (χ3v) is 4.46. The third-order valence-electron chi connectivity index (χ3n) is 4.46. The van der Waals surface area contributed by atoms with Crippen LogP contribution in [0.2, 0.25) is 0 Å². The highest BCUT2D eigenvalue weighted by molar-refractivity contribution is 5.83. The van der Waals surface area contributed by atoms with Gasteiger partial charge in [-0.1, -0.05) is 32.9 Å². The van der Waals surface area contributed by atoms with E-state index in [2.05, 4.69) is 0 Å². The molecule has 0 saturated heterocycles. The Morgan fingerprint density at radius 1 is 0.576 bits per heavy atom. The van der Waals surface area contributed by atoms with Crippen LogP contribution in [0.1, 0.15) is 86.5 Å². The SMILES string of the molecule is CCC(O)CC(=O)C(C)O.CCC(O)CC(=O)C(C)O.CCC=CCC(O)CC(=O)C(C)O. The van der Waals surface area contributed by atoms with E-state index < -0.39 is 36.6 Å². The molecule has 0 aromatic carbocycles. The Morgan fingerprint density at radius 2 is 0.879 bits per heavy atom. The lowest BCUT2D eigenvalue weighted by atomic mass is 10.1. The molecule has 0 aromatic heterocycles. The maximum absolute atomic E-state index is 11.0. The highest BCUT2D eigenvalue weighted by Crippen LogP contribution is 2.03. The fraction of sp³-hybridized carbons (Fsp3) is 0.792. The van der Waals surface area contributed by atoms with Gasteiger partial charge in [0, 0.05) is 19.3 Å². The van der Waals surface area contributed by atoms with E-state index in [0.717, 1.165) is 6.42 Å². The third kappa shape index (κ3) is 25.0. The van der Waals surface area contributed by atoms with Gasteiger partial charge < -0.3 is 30.6 Å². The van der Waals surface area contributed by atoms with Gasteiger partial charge in [0.25, 0.3) is 0 Å². The van der Waals surface area contributed by atoms with Crippen molar-refractivity contribution in [3.63, 3.8) is 0 Å². The lowest BCUT2D eigenvalue weighted by Gasteiger charge is -2.08. The second-order valence-corrected chi connectivity index (χ2v) is 7.93. The summed E-state index contributed by atoms with van der Waals surface area (Å²) in [5.41, 5.74) is 0. The Morgan fingerprint density at radius 3 is 1.12 bits per heavy atom. The van der Waals surface area contributed by atoms with E-state index in [9.17, 15) is 19.5 Å². The fourth-order valence-electron chi connectivity index (χ4n) is 2.00. The molecular formula is C24H46O9. The summed E-state index contributed by atoms with van der Waals surface area (Å²) >= 11 is 0. The number of carbonyl (C=O) groups is 3. The van der Waals surface area contributed by atoms with Gasteiger partial charge in [0.1, 0.15) is 18.3 Å². The van der Waals surface area contributed by atoms with Crippen molar-refractivity contribution in [2.24, 2.45) is 0 Å². The first-order chi connectivity index (χ1) is 15.2. The number of rotatable bonds is 14. The van der Waals surface area contributed by atoms with Crippen molar-refractivity contribution in [3.05, 3.63) is 12.2 Å². The smallest absolute Gasteiger partial charge is 0.163 e. The fourth-order valence-corrected chi connectivity index (χ4v) is 2.00. The molecule has 0 amide bonds. The van der Waals surface area contributed by atoms with Crippen molar-refractivity contribution in [1.29, 1.82) is 0 Å². The van der Waals surface area contributed by atoms with Gasteiger partial charge >= 0.3 is 0 Å². The first kappa shape index (κ1) is 36.1. The summed E-state index contributed by atoms with van der Waals surface area (Å²) in [5.74, 6) is -0.902. The van der Waals surface area contributed by atoms with Crippen molar-refractivity contribution in [1.82, 2.24) is 0 Å². The summed E-state index contributed by atoms with van der Waals surface area (Å²) in [5, 5.41) is 53.5. The standard InChI is InChI=1S/C10H18O3.2C7H14O3/c1-3-4-5-6-9(12)7-10(13)8(2)11;2*1-3-6(9)4-7(10)5(2)8/h4-5,8-9,11-12H,3,6-7H2,1-2H3;2*5-6,8-9H,3-4H2,1-2H3. The number of allylic oxidation sites excluding steroid dienone is 1. The average molecular weight is 479 g/mol. The maximum atomic E-state index is 11.0. The summed E-state index contributed by atoms with van der Waals surface area (Å²) in [7, 11) is 0. The van der Waals surface area contributed by atoms with E-state index in [1.807, 2.05) is 19.1 Å². The van der Waals surface area contributed by atoms with Crippen LogP contribution in [0.15, 0.2) is 12.2 Å². The quantitative estimate of drug-likeness (QED) is 0.201. The Balaban J connectivity index is -0.000000415. The first-order valence-electron chi connectivity index (χ1n) is 11.5. The van der Waals surface area contributed by atoms with Crippen LogP contribution in [0.3, 0.4) is 0 Å². The Hall–Kier alpha value is -1.49. The molecule has 0 bridgehead atoms. The first-order valence-corrected chi connectivity index (χ1v) is 11.5. The summed E-state index contributed by atoms with van der Waals surface area (Å²) in [6, 6.07) is 0. The minimum atomic E-state index is -0.968. The molecule has 0 radical (unpaired) electrons. The van der Waals surface area contributed by atoms with Crippen molar-refractivity contribution in [3.8, 4) is 0 Å². The number of hydrogen-bond donors (Lipinski definition) is 6. The molecule has 33 heavy (non-hydrogen) atoms. The molecule has 6 unspecified atom stereocenters. The predicted octanol–water partition coefficient (Wildman–Crippen LogP) is 1.24. The van der Waals surface area contributed by atoms with Crippen LogP contribution in [0.5, 0.6) is 0 Å². The number of carbonyl (C=O) groups excluding carboxylic acids is 3. The highest BCUT2D eigenvalue weighted by Gasteiger charge is 2.14. The van der Waals surface area contributed by atoms with Gasteiger partial charge in [-0.25, -0.2) is 0 Å². The lowest BCUT2D eigenvalue weighted by molar-refractivity contribution is -0.128. The monoisotopic (exact) mass is 478 g/mol. The largest absolute Gasteiger partial charge is 0.393 e. The van der Waals surface area contributed by atoms with Crippen LogP contribution in [-0.4, -0.2) is 84.6 Å². The minimum Gasteiger partial charge on any atom is -0.393 e. The van der Waals surface area contributed by atoms with Crippen LogP contribution in [-0.2, 0) is 14.4 Å². The van der Waals surface area contributed by atoms with Crippen LogP contribution in [0.25, 0.3) is 0 Å². The molecule has 0 aromatic rings. The Bertz CT molecular complexity index is 514. The molecule has 0 spiro atoms. The zero-order chi connectivity index (χ0) is 26.6. The lowest BCUT2D eigenvalue weighted by Crippen LogP contribution is -2.21. The number of Topliss-reactive ketones (excluding diaryl/α,β-unsaturated/α-hetero) is 3. The predicted molar refractivity (Wildman–Crippen MR) is 127 cm³/mol. The van der Waals surface area contributed by atoms with Crippen LogP contribution < -0.4 is 0 Å². The molecule has 0 aliphatic carbocycles. The number of hydrogen-bond acceptors (Lipinski definition) is 9. The molecule has 0 heterocycles. The maximum Gasteiger partial charge on any atom is 0.163 e. The molecule has 0 saturated carbocycles. The van der Waals surface area contributed by atoms with Crippen molar-refractivity contribution in [2.45, 2.75) is 123 Å². The van der Waals surface area contributed by atoms with E-state index >= 15 is 0 Å². The van der Waals surface area contributed by atoms with E-state index in [4.69, 9.17) is 25.5 Å². The zero-order valence-electron chi connectivity index (χ0n) is 21.0. The summed E-state index contributed by atoms with van der Waals surface area (Å²) in [6.07, 6.45) is 1.76. The molecule has 0 fully saturated rings. The van der Waals surface area contributed by atoms with Crippen molar-refractivity contribution < 1.29 is 45.0 Å². The molecule has 0 rings (SSSR count). The van der Waals surface area contributed by atoms with Crippen molar-refractivity contribution >= 4 is 17.3 Å². The average Bonchev–Trinajstić information content (AvgIpc) is 2.74. The van der Waals surface area contributed by atoms with Crippen LogP contribution in [0.4, 0.5) is 0 Å². The van der Waals surface area contributed by atoms with E-state index in [1.165, 1.54) is 20.8 Å². The molecule has 6 N–H and O–H groups in total. The molecule has 0 aliphatic heterocycles. The summed E-state index contributed by atoms with van der Waals surface area (Å²) in [6.45, 7) is 9.82. The highest BCUT2D eigenvalue weighted by atomic mass is 16.3. The van der Waals surface area contributed by atoms with Gasteiger partial charge in [0.05, 0.1) is 18.3 Å². The topological polar surface area (TPSA) is 173 Å². The normalized spacial score (nSPS) is 16.2. The van der Waals surface area contributed by atoms with E-state index in [1.54, 1.807) is 13.8 Å². The van der Waals surface area contributed by atoms with Gasteiger partial charge in [0.15, 0.2) is 17.3 Å². The van der Waals surface area contributed by atoms with Gasteiger partial charge in [-0.2, -0.15) is 0 Å². The summed E-state index contributed by atoms with van der Waals surface area (Å²) < 4.78 is 0. The number of ketones is 3. The summed E-state index contributed by atoms with van der Waals surface area (Å²) in [4.78, 5) is 32.4. The molecular weight excluding hydrogens is 432 g/mol. The molecule has 0 aliphatic rings. The zero-order valence-corrected chi connectivity index (χ0v) is 21.0. The molecule has 9 nitrogen and oxygen atoms in total. The number of aliphatic hydroxyl groups excluding tert-OH is 6.